The minimum atomic E-state index is -1.83. The number of carboxylic acid groups (broad SMARTS) is 4. The molecule has 2 bridgehead atoms. The monoisotopic (exact) mass is 234 g/mol. The van der Waals surface area contributed by atoms with E-state index in [9.17, 15) is 0 Å². The molecule has 2 fully saturated rings. The second kappa shape index (κ2) is 6.19. The van der Waals surface area contributed by atoms with Crippen LogP contribution in [0.25, 0.3) is 0 Å². The van der Waals surface area contributed by atoms with Gasteiger partial charge in [-0.05, 0) is 43.4 Å². The van der Waals surface area contributed by atoms with Crippen LogP contribution < -0.4 is 0 Å². The van der Waals surface area contributed by atoms with Crippen LogP contribution in [0.2, 0.25) is 0 Å². The maximum atomic E-state index is 8.56. The van der Waals surface area contributed by atoms with Crippen LogP contribution in [0.1, 0.15) is 39.0 Å². The predicted octanol–water partition coefficient (Wildman–Crippen LogP) is 3.03. The van der Waals surface area contributed by atoms with Crippen molar-refractivity contribution < 1.29 is 30.0 Å². The molecule has 6 heteroatoms. The van der Waals surface area contributed by atoms with E-state index in [0.717, 1.165) is 11.3 Å². The summed E-state index contributed by atoms with van der Waals surface area (Å²) in [4.78, 5) is 17.1. The molecule has 2 saturated carbocycles. The smallest absolute Gasteiger partial charge is 0.450 e. The number of rotatable bonds is 0. The molecular weight excluding hydrogens is 216 g/mol. The highest BCUT2D eigenvalue weighted by molar-refractivity contribution is 5.53. The SMILES string of the molecule is CC12CCC(CC1)C2.O=C(O)O.O=C(O)O. The Kier molecular flexibility index (Phi) is 5.63. The van der Waals surface area contributed by atoms with Crippen LogP contribution in [-0.2, 0) is 0 Å². The second-order valence-corrected chi connectivity index (χ2v) is 4.52. The Labute approximate surface area is 93.5 Å². The largest absolute Gasteiger partial charge is 0.503 e. The molecule has 2 aliphatic rings. The summed E-state index contributed by atoms with van der Waals surface area (Å²) in [6.45, 7) is 2.46. The van der Waals surface area contributed by atoms with Crippen molar-refractivity contribution in [3.05, 3.63) is 0 Å². The number of hydrogen-bond donors (Lipinski definition) is 4. The van der Waals surface area contributed by atoms with Crippen molar-refractivity contribution in [2.75, 3.05) is 0 Å². The predicted molar refractivity (Wildman–Crippen MR) is 56.0 cm³/mol. The molecule has 0 radical (unpaired) electrons. The fraction of sp³-hybridized carbons (Fsp3) is 0.800. The zero-order valence-electron chi connectivity index (χ0n) is 9.22. The Hall–Kier alpha value is -1.46. The van der Waals surface area contributed by atoms with Crippen molar-refractivity contribution in [1.82, 2.24) is 0 Å². The molecule has 2 rings (SSSR count). The molecule has 0 aromatic rings. The lowest BCUT2D eigenvalue weighted by atomic mass is 9.87. The van der Waals surface area contributed by atoms with Gasteiger partial charge in [-0.3, -0.25) is 0 Å². The van der Waals surface area contributed by atoms with Crippen molar-refractivity contribution in [2.24, 2.45) is 11.3 Å². The highest BCUT2D eigenvalue weighted by atomic mass is 16.6. The third-order valence-corrected chi connectivity index (χ3v) is 3.09. The van der Waals surface area contributed by atoms with Crippen molar-refractivity contribution in [1.29, 1.82) is 0 Å². The molecule has 0 spiro atoms. The van der Waals surface area contributed by atoms with Gasteiger partial charge in [-0.15, -0.1) is 0 Å². The first-order valence-corrected chi connectivity index (χ1v) is 5.09. The Morgan fingerprint density at radius 3 is 1.38 bits per heavy atom. The van der Waals surface area contributed by atoms with E-state index >= 15 is 0 Å². The second-order valence-electron chi connectivity index (χ2n) is 4.52. The van der Waals surface area contributed by atoms with Gasteiger partial charge in [0.05, 0.1) is 0 Å². The van der Waals surface area contributed by atoms with Crippen LogP contribution in [0.15, 0.2) is 0 Å². The first-order chi connectivity index (χ1) is 7.25. The van der Waals surface area contributed by atoms with E-state index in [1.165, 1.54) is 25.7 Å². The van der Waals surface area contributed by atoms with E-state index in [0.29, 0.717) is 0 Å². The number of fused-ring (bicyclic) bond motifs is 2. The molecule has 4 N–H and O–H groups in total. The molecule has 0 aromatic carbocycles. The molecular formula is C10H18O6. The molecule has 6 nitrogen and oxygen atoms in total. The summed E-state index contributed by atoms with van der Waals surface area (Å²) in [6, 6.07) is 0. The van der Waals surface area contributed by atoms with Crippen molar-refractivity contribution >= 4 is 12.3 Å². The van der Waals surface area contributed by atoms with Crippen LogP contribution in [0.3, 0.4) is 0 Å². The summed E-state index contributed by atoms with van der Waals surface area (Å²) < 4.78 is 0. The van der Waals surface area contributed by atoms with Crippen molar-refractivity contribution in [3.63, 3.8) is 0 Å². The third kappa shape index (κ3) is 6.92. The average molecular weight is 234 g/mol. The number of carbonyl (C=O) groups is 2. The zero-order chi connectivity index (χ0) is 12.8. The summed E-state index contributed by atoms with van der Waals surface area (Å²) in [6.07, 6.45) is 4.01. The Morgan fingerprint density at radius 1 is 1.00 bits per heavy atom. The average Bonchev–Trinajstić information content (AvgIpc) is 2.59. The number of hydrogen-bond acceptors (Lipinski definition) is 2. The van der Waals surface area contributed by atoms with Gasteiger partial charge in [0.1, 0.15) is 0 Å². The van der Waals surface area contributed by atoms with E-state index in [4.69, 9.17) is 30.0 Å². The molecule has 2 aliphatic carbocycles. The van der Waals surface area contributed by atoms with Gasteiger partial charge >= 0.3 is 12.3 Å². The van der Waals surface area contributed by atoms with Crippen LogP contribution in [-0.4, -0.2) is 32.7 Å². The molecule has 0 heterocycles. The highest BCUT2D eigenvalue weighted by Crippen LogP contribution is 2.53. The molecule has 0 unspecified atom stereocenters. The Morgan fingerprint density at radius 2 is 1.31 bits per heavy atom. The minimum absolute atomic E-state index is 0.810. The summed E-state index contributed by atoms with van der Waals surface area (Å²) >= 11 is 0. The van der Waals surface area contributed by atoms with Gasteiger partial charge in [-0.25, -0.2) is 9.59 Å². The van der Waals surface area contributed by atoms with Gasteiger partial charge < -0.3 is 20.4 Å². The van der Waals surface area contributed by atoms with Crippen molar-refractivity contribution in [3.8, 4) is 0 Å². The van der Waals surface area contributed by atoms with Gasteiger partial charge in [0.25, 0.3) is 0 Å². The first kappa shape index (κ1) is 14.5. The summed E-state index contributed by atoms with van der Waals surface area (Å²) in [5.41, 5.74) is 0.810. The van der Waals surface area contributed by atoms with Crippen molar-refractivity contribution in [2.45, 2.75) is 39.0 Å². The first-order valence-electron chi connectivity index (χ1n) is 5.09. The Balaban J connectivity index is 0.000000244. The highest BCUT2D eigenvalue weighted by Gasteiger charge is 2.40. The third-order valence-electron chi connectivity index (χ3n) is 3.09. The van der Waals surface area contributed by atoms with Crippen LogP contribution >= 0.6 is 0 Å². The van der Waals surface area contributed by atoms with Gasteiger partial charge in [-0.1, -0.05) is 6.92 Å². The zero-order valence-corrected chi connectivity index (χ0v) is 9.22. The van der Waals surface area contributed by atoms with Gasteiger partial charge in [0, 0.05) is 0 Å². The van der Waals surface area contributed by atoms with E-state index in [1.807, 2.05) is 0 Å². The Bertz CT molecular complexity index is 222. The van der Waals surface area contributed by atoms with Crippen LogP contribution in [0.5, 0.6) is 0 Å². The lowest BCUT2D eigenvalue weighted by Crippen LogP contribution is -2.06. The standard InChI is InChI=1S/C8H14.2CH2O3/c1-8-4-2-7(6-8)3-5-8;2*2-1(3)4/h7H,2-6H2,1H3;2*(H2,2,3,4). The molecule has 16 heavy (non-hydrogen) atoms. The maximum absolute atomic E-state index is 8.56. The molecule has 0 amide bonds. The molecule has 0 atom stereocenters. The fourth-order valence-electron chi connectivity index (χ4n) is 2.48. The molecule has 0 aliphatic heterocycles. The quantitative estimate of drug-likeness (QED) is 0.512. The van der Waals surface area contributed by atoms with Crippen LogP contribution in [0.4, 0.5) is 9.59 Å². The molecule has 94 valence electrons. The minimum Gasteiger partial charge on any atom is -0.450 e. The van der Waals surface area contributed by atoms with E-state index in [2.05, 4.69) is 6.92 Å². The normalized spacial score (nSPS) is 29.4. The van der Waals surface area contributed by atoms with Gasteiger partial charge in [0.15, 0.2) is 0 Å². The lowest BCUT2D eigenvalue weighted by molar-refractivity contribution is 0.135. The van der Waals surface area contributed by atoms with Gasteiger partial charge in [-0.2, -0.15) is 0 Å². The molecule has 0 saturated heterocycles. The van der Waals surface area contributed by atoms with Crippen LogP contribution in [0, 0.1) is 11.3 Å². The summed E-state index contributed by atoms with van der Waals surface area (Å²) in [5.74, 6) is 1.14. The fourth-order valence-corrected chi connectivity index (χ4v) is 2.48. The van der Waals surface area contributed by atoms with E-state index in [1.54, 1.807) is 6.42 Å². The topological polar surface area (TPSA) is 115 Å². The lowest BCUT2D eigenvalue weighted by Gasteiger charge is -2.18. The van der Waals surface area contributed by atoms with E-state index < -0.39 is 12.3 Å². The summed E-state index contributed by atoms with van der Waals surface area (Å²) in [5, 5.41) is 27.9. The van der Waals surface area contributed by atoms with Gasteiger partial charge in [0.2, 0.25) is 0 Å². The van der Waals surface area contributed by atoms with E-state index in [-0.39, 0.29) is 0 Å². The maximum Gasteiger partial charge on any atom is 0.503 e. The molecule has 0 aromatic heterocycles. The summed E-state index contributed by atoms with van der Waals surface area (Å²) in [7, 11) is 0.